The summed E-state index contributed by atoms with van der Waals surface area (Å²) < 4.78 is 5.58. The van der Waals surface area contributed by atoms with Crippen LogP contribution in [-0.2, 0) is 11.2 Å². The van der Waals surface area contributed by atoms with Gasteiger partial charge in [-0.3, -0.25) is 4.79 Å². The number of nitriles is 2. The molecular formula is C16H10N2O3. The number of carboxylic acid groups (broad SMARTS) is 1. The third kappa shape index (κ3) is 3.37. The molecule has 0 unspecified atom stereocenters. The second-order valence-corrected chi connectivity index (χ2v) is 4.22. The first-order valence-corrected chi connectivity index (χ1v) is 6.06. The van der Waals surface area contributed by atoms with Gasteiger partial charge >= 0.3 is 5.97 Å². The monoisotopic (exact) mass is 278 g/mol. The van der Waals surface area contributed by atoms with Gasteiger partial charge in [0.05, 0.1) is 12.0 Å². The molecule has 0 aliphatic heterocycles. The van der Waals surface area contributed by atoms with Crippen molar-refractivity contribution in [1.29, 1.82) is 10.5 Å². The van der Waals surface area contributed by atoms with E-state index in [1.165, 1.54) is 0 Å². The molecule has 0 aliphatic carbocycles. The molecule has 0 bridgehead atoms. The third-order valence-corrected chi connectivity index (χ3v) is 2.76. The van der Waals surface area contributed by atoms with Crippen molar-refractivity contribution >= 4 is 5.97 Å². The van der Waals surface area contributed by atoms with Gasteiger partial charge in [-0.15, -0.1) is 0 Å². The first-order chi connectivity index (χ1) is 10.1. The number of rotatable bonds is 4. The van der Waals surface area contributed by atoms with Crippen LogP contribution in [0.5, 0.6) is 11.5 Å². The molecule has 2 aromatic carbocycles. The molecule has 0 saturated carbocycles. The highest BCUT2D eigenvalue weighted by atomic mass is 16.5. The maximum atomic E-state index is 10.6. The molecule has 102 valence electrons. The van der Waals surface area contributed by atoms with Gasteiger partial charge in [-0.2, -0.15) is 10.5 Å². The van der Waals surface area contributed by atoms with E-state index in [0.29, 0.717) is 17.1 Å². The Morgan fingerprint density at radius 3 is 2.38 bits per heavy atom. The third-order valence-electron chi connectivity index (χ3n) is 2.76. The van der Waals surface area contributed by atoms with E-state index in [0.717, 1.165) is 0 Å². The summed E-state index contributed by atoms with van der Waals surface area (Å²) in [7, 11) is 0. The Hall–Kier alpha value is -3.31. The van der Waals surface area contributed by atoms with Crippen LogP contribution in [0, 0.1) is 22.7 Å². The van der Waals surface area contributed by atoms with Crippen LogP contribution in [0.1, 0.15) is 16.7 Å². The van der Waals surface area contributed by atoms with Gasteiger partial charge in [-0.25, -0.2) is 0 Å². The maximum Gasteiger partial charge on any atom is 0.307 e. The number of carbonyl (C=O) groups is 1. The van der Waals surface area contributed by atoms with Crippen LogP contribution < -0.4 is 4.74 Å². The Balaban J connectivity index is 2.25. The first kappa shape index (κ1) is 14.1. The van der Waals surface area contributed by atoms with Gasteiger partial charge in [-0.05, 0) is 29.8 Å². The Bertz CT molecular complexity index is 753. The SMILES string of the molecule is N#Cc1cccc(Oc2ccc(CC(=O)O)cc2)c1C#N. The topological polar surface area (TPSA) is 94.1 Å². The van der Waals surface area contributed by atoms with Crippen LogP contribution >= 0.6 is 0 Å². The standard InChI is InChI=1S/C16H10N2O3/c17-9-12-2-1-3-15(14(12)10-18)21-13-6-4-11(5-7-13)8-16(19)20/h1-7H,8H2,(H,19,20). The average Bonchev–Trinajstić information content (AvgIpc) is 2.48. The van der Waals surface area contributed by atoms with E-state index in [-0.39, 0.29) is 17.5 Å². The number of benzene rings is 2. The fourth-order valence-corrected chi connectivity index (χ4v) is 1.80. The predicted molar refractivity (Wildman–Crippen MR) is 73.7 cm³/mol. The molecule has 21 heavy (non-hydrogen) atoms. The lowest BCUT2D eigenvalue weighted by atomic mass is 10.1. The molecule has 0 radical (unpaired) electrons. The molecule has 0 amide bonds. The highest BCUT2D eigenvalue weighted by molar-refractivity contribution is 5.70. The van der Waals surface area contributed by atoms with Gasteiger partial charge < -0.3 is 9.84 Å². The Morgan fingerprint density at radius 1 is 1.10 bits per heavy atom. The van der Waals surface area contributed by atoms with Gasteiger partial charge in [-0.1, -0.05) is 18.2 Å². The normalized spacial score (nSPS) is 9.43. The summed E-state index contributed by atoms with van der Waals surface area (Å²) in [6, 6.07) is 15.2. The van der Waals surface area contributed by atoms with Gasteiger partial charge in [0.25, 0.3) is 0 Å². The molecule has 0 fully saturated rings. The molecule has 5 heteroatoms. The van der Waals surface area contributed by atoms with Crippen LogP contribution in [0.2, 0.25) is 0 Å². The molecule has 0 aliphatic rings. The van der Waals surface area contributed by atoms with E-state index < -0.39 is 5.97 Å². The van der Waals surface area contributed by atoms with Crippen molar-refractivity contribution < 1.29 is 14.6 Å². The highest BCUT2D eigenvalue weighted by Crippen LogP contribution is 2.27. The summed E-state index contributed by atoms with van der Waals surface area (Å²) in [5, 5.41) is 26.8. The molecule has 0 saturated heterocycles. The van der Waals surface area contributed by atoms with Crippen LogP contribution in [-0.4, -0.2) is 11.1 Å². The lowest BCUT2D eigenvalue weighted by molar-refractivity contribution is -0.136. The van der Waals surface area contributed by atoms with Crippen molar-refractivity contribution in [3.05, 3.63) is 59.2 Å². The summed E-state index contributed by atoms with van der Waals surface area (Å²) in [5.41, 5.74) is 1.08. The molecule has 1 N–H and O–H groups in total. The fourth-order valence-electron chi connectivity index (χ4n) is 1.80. The number of hydrogen-bond acceptors (Lipinski definition) is 4. The minimum absolute atomic E-state index is 0.0619. The van der Waals surface area contributed by atoms with E-state index in [1.807, 2.05) is 12.1 Å². The molecule has 2 aromatic rings. The lowest BCUT2D eigenvalue weighted by Crippen LogP contribution is -1.99. The second-order valence-electron chi connectivity index (χ2n) is 4.22. The zero-order valence-electron chi connectivity index (χ0n) is 10.9. The van der Waals surface area contributed by atoms with Crippen molar-refractivity contribution in [1.82, 2.24) is 0 Å². The van der Waals surface area contributed by atoms with E-state index in [2.05, 4.69) is 0 Å². The van der Waals surface area contributed by atoms with Crippen LogP contribution in [0.15, 0.2) is 42.5 Å². The number of carboxylic acids is 1. The van der Waals surface area contributed by atoms with E-state index in [9.17, 15) is 4.79 Å². The molecule has 5 nitrogen and oxygen atoms in total. The molecule has 0 atom stereocenters. The number of nitrogens with zero attached hydrogens (tertiary/aromatic N) is 2. The summed E-state index contributed by atoms with van der Waals surface area (Å²) in [6.07, 6.45) is -0.0619. The van der Waals surface area contributed by atoms with E-state index >= 15 is 0 Å². The second kappa shape index (κ2) is 6.23. The fraction of sp³-hybridized carbons (Fsp3) is 0.0625. The minimum atomic E-state index is -0.905. The van der Waals surface area contributed by atoms with E-state index in [1.54, 1.807) is 42.5 Å². The average molecular weight is 278 g/mol. The smallest absolute Gasteiger partial charge is 0.307 e. The molecular weight excluding hydrogens is 268 g/mol. The van der Waals surface area contributed by atoms with Crippen molar-refractivity contribution in [3.8, 4) is 23.6 Å². The van der Waals surface area contributed by atoms with Gasteiger partial charge in [0.1, 0.15) is 29.2 Å². The summed E-state index contributed by atoms with van der Waals surface area (Å²) in [6.45, 7) is 0. The summed E-state index contributed by atoms with van der Waals surface area (Å²) in [5.74, 6) is -0.143. The molecule has 0 heterocycles. The summed E-state index contributed by atoms with van der Waals surface area (Å²) in [4.78, 5) is 10.6. The number of aliphatic carboxylic acids is 1. The lowest BCUT2D eigenvalue weighted by Gasteiger charge is -2.08. The van der Waals surface area contributed by atoms with E-state index in [4.69, 9.17) is 20.4 Å². The first-order valence-electron chi connectivity index (χ1n) is 6.06. The Morgan fingerprint density at radius 2 is 1.81 bits per heavy atom. The van der Waals surface area contributed by atoms with Crippen molar-refractivity contribution in [2.24, 2.45) is 0 Å². The van der Waals surface area contributed by atoms with Gasteiger partial charge in [0, 0.05) is 0 Å². The van der Waals surface area contributed by atoms with Crippen molar-refractivity contribution in [2.75, 3.05) is 0 Å². The van der Waals surface area contributed by atoms with Gasteiger partial charge in [0.2, 0.25) is 0 Å². The zero-order valence-corrected chi connectivity index (χ0v) is 10.9. The number of ether oxygens (including phenoxy) is 1. The van der Waals surface area contributed by atoms with Crippen LogP contribution in [0.25, 0.3) is 0 Å². The zero-order chi connectivity index (χ0) is 15.2. The molecule has 0 spiro atoms. The van der Waals surface area contributed by atoms with Crippen molar-refractivity contribution in [2.45, 2.75) is 6.42 Å². The van der Waals surface area contributed by atoms with Crippen LogP contribution in [0.3, 0.4) is 0 Å². The molecule has 2 rings (SSSR count). The number of hydrogen-bond donors (Lipinski definition) is 1. The largest absolute Gasteiger partial charge is 0.481 e. The summed E-state index contributed by atoms with van der Waals surface area (Å²) >= 11 is 0. The van der Waals surface area contributed by atoms with Gasteiger partial charge in [0.15, 0.2) is 0 Å². The van der Waals surface area contributed by atoms with Crippen LogP contribution in [0.4, 0.5) is 0 Å². The van der Waals surface area contributed by atoms with Crippen molar-refractivity contribution in [3.63, 3.8) is 0 Å². The minimum Gasteiger partial charge on any atom is -0.481 e. The highest BCUT2D eigenvalue weighted by Gasteiger charge is 2.10. The maximum absolute atomic E-state index is 10.6. The Labute approximate surface area is 121 Å². The predicted octanol–water partition coefficient (Wildman–Crippen LogP) is 2.85. The quantitative estimate of drug-likeness (QED) is 0.927. The Kier molecular flexibility index (Phi) is 4.18. The molecule has 0 aromatic heterocycles.